The third-order valence-corrected chi connectivity index (χ3v) is 6.90. The van der Waals surface area contributed by atoms with Crippen molar-refractivity contribution in [3.63, 3.8) is 0 Å². The molecule has 1 aliphatic heterocycles. The number of methoxy groups -OCH3 is 3. The van der Waals surface area contributed by atoms with E-state index in [9.17, 15) is 9.59 Å². The van der Waals surface area contributed by atoms with Crippen LogP contribution in [-0.4, -0.2) is 57.7 Å². The van der Waals surface area contributed by atoms with Gasteiger partial charge in [-0.25, -0.2) is 0 Å². The fourth-order valence-electron chi connectivity index (χ4n) is 4.95. The Bertz CT molecular complexity index is 1210. The topological polar surface area (TPSA) is 77.1 Å². The summed E-state index contributed by atoms with van der Waals surface area (Å²) in [6.07, 6.45) is 1.35. The number of nitrogens with one attached hydrogen (secondary N) is 1. The lowest BCUT2D eigenvalue weighted by Crippen LogP contribution is -2.48. The van der Waals surface area contributed by atoms with Crippen molar-refractivity contribution in [2.75, 3.05) is 41.0 Å². The van der Waals surface area contributed by atoms with Gasteiger partial charge in [0.1, 0.15) is 5.75 Å². The normalized spacial score (nSPS) is 17.1. The fraction of sp³-hybridized carbons (Fsp3) is 0.333. The van der Waals surface area contributed by atoms with E-state index in [4.69, 9.17) is 14.2 Å². The first-order valence-corrected chi connectivity index (χ1v) is 12.5. The summed E-state index contributed by atoms with van der Waals surface area (Å²) in [6.45, 7) is 1.40. The third-order valence-electron chi connectivity index (χ3n) is 6.90. The van der Waals surface area contributed by atoms with E-state index in [-0.39, 0.29) is 23.7 Å². The van der Waals surface area contributed by atoms with Gasteiger partial charge in [-0.2, -0.15) is 0 Å². The van der Waals surface area contributed by atoms with E-state index in [1.165, 1.54) is 0 Å². The molecule has 37 heavy (non-hydrogen) atoms. The summed E-state index contributed by atoms with van der Waals surface area (Å²) in [5, 5.41) is 3.09. The summed E-state index contributed by atoms with van der Waals surface area (Å²) in [5.41, 5.74) is 2.67. The highest BCUT2D eigenvalue weighted by Crippen LogP contribution is 2.33. The van der Waals surface area contributed by atoms with Crippen LogP contribution in [0.2, 0.25) is 0 Å². The van der Waals surface area contributed by atoms with Crippen LogP contribution < -0.4 is 19.5 Å². The van der Waals surface area contributed by atoms with Gasteiger partial charge in [-0.15, -0.1) is 0 Å². The van der Waals surface area contributed by atoms with Gasteiger partial charge in [0, 0.05) is 31.1 Å². The Labute approximate surface area is 218 Å². The molecular weight excluding hydrogens is 468 g/mol. The van der Waals surface area contributed by atoms with Crippen LogP contribution >= 0.6 is 0 Å². The Morgan fingerprint density at radius 2 is 1.54 bits per heavy atom. The molecule has 0 aromatic heterocycles. The number of ether oxygens (including phenoxy) is 3. The number of carbonyl (C=O) groups excluding carboxylic acids is 2. The van der Waals surface area contributed by atoms with E-state index in [0.717, 1.165) is 16.9 Å². The smallest absolute Gasteiger partial charge is 0.254 e. The lowest BCUT2D eigenvalue weighted by molar-refractivity contribution is -0.126. The van der Waals surface area contributed by atoms with Gasteiger partial charge in [-0.3, -0.25) is 9.59 Å². The van der Waals surface area contributed by atoms with Crippen LogP contribution in [0.1, 0.15) is 33.8 Å². The molecule has 1 saturated heterocycles. The van der Waals surface area contributed by atoms with E-state index in [1.54, 1.807) is 44.4 Å². The minimum absolute atomic E-state index is 0.0411. The largest absolute Gasteiger partial charge is 0.496 e. The summed E-state index contributed by atoms with van der Waals surface area (Å²) in [7, 11) is 4.75. The average molecular weight is 503 g/mol. The number of likely N-dealkylation sites (tertiary alicyclic amines) is 1. The van der Waals surface area contributed by atoms with Crippen molar-refractivity contribution < 1.29 is 23.8 Å². The Morgan fingerprint density at radius 3 is 2.27 bits per heavy atom. The lowest BCUT2D eigenvalue weighted by Gasteiger charge is -2.37. The molecule has 3 aromatic rings. The van der Waals surface area contributed by atoms with Crippen LogP contribution in [0.3, 0.4) is 0 Å². The van der Waals surface area contributed by atoms with Crippen LogP contribution in [0, 0.1) is 5.92 Å². The first kappa shape index (κ1) is 26.1. The molecule has 2 unspecified atom stereocenters. The third kappa shape index (κ3) is 6.23. The summed E-state index contributed by atoms with van der Waals surface area (Å²) >= 11 is 0. The van der Waals surface area contributed by atoms with Crippen molar-refractivity contribution in [1.82, 2.24) is 10.2 Å². The van der Waals surface area contributed by atoms with Crippen molar-refractivity contribution in [3.8, 4) is 17.2 Å². The van der Waals surface area contributed by atoms with Crippen molar-refractivity contribution in [3.05, 3.63) is 89.5 Å². The van der Waals surface area contributed by atoms with Crippen LogP contribution in [0.4, 0.5) is 0 Å². The molecule has 3 aromatic carbocycles. The van der Waals surface area contributed by atoms with E-state index >= 15 is 0 Å². The molecule has 0 saturated carbocycles. The molecule has 194 valence electrons. The van der Waals surface area contributed by atoms with Gasteiger partial charge in [0.05, 0.1) is 27.2 Å². The molecule has 1 aliphatic rings. The molecule has 1 fully saturated rings. The first-order valence-electron chi connectivity index (χ1n) is 12.5. The van der Waals surface area contributed by atoms with E-state index < -0.39 is 0 Å². The zero-order chi connectivity index (χ0) is 26.2. The standard InChI is InChI=1S/C30H34N2O5/c1-35-26-12-8-7-11-22(26)15-16-31-29(33)25-17-24(21-9-5-4-6-10-21)19-32(20-25)30(34)23-13-14-27(36-2)28(18-23)37-3/h4-14,18,24-25H,15-17,19-20H2,1-3H3,(H,31,33). The lowest BCUT2D eigenvalue weighted by atomic mass is 9.83. The molecule has 2 atom stereocenters. The van der Waals surface area contributed by atoms with Gasteiger partial charge >= 0.3 is 0 Å². The van der Waals surface area contributed by atoms with E-state index in [0.29, 0.717) is 49.5 Å². The summed E-state index contributed by atoms with van der Waals surface area (Å²) in [5.74, 6) is 1.44. The average Bonchev–Trinajstić information content (AvgIpc) is 2.96. The number of amides is 2. The molecule has 1 N–H and O–H groups in total. The molecule has 2 amide bonds. The molecule has 7 heteroatoms. The second-order valence-corrected chi connectivity index (χ2v) is 9.17. The van der Waals surface area contributed by atoms with Crippen molar-refractivity contribution >= 4 is 11.8 Å². The Hall–Kier alpha value is -4.00. The SMILES string of the molecule is COc1ccccc1CCNC(=O)C1CC(c2ccccc2)CN(C(=O)c2ccc(OC)c(OC)c2)C1. The van der Waals surface area contributed by atoms with Crippen LogP contribution in [0.15, 0.2) is 72.8 Å². The summed E-state index contributed by atoms with van der Waals surface area (Å²) in [4.78, 5) is 28.6. The Morgan fingerprint density at radius 1 is 0.838 bits per heavy atom. The van der Waals surface area contributed by atoms with Gasteiger partial charge < -0.3 is 24.4 Å². The molecular formula is C30H34N2O5. The molecule has 0 radical (unpaired) electrons. The molecule has 1 heterocycles. The minimum Gasteiger partial charge on any atom is -0.496 e. The van der Waals surface area contributed by atoms with Crippen molar-refractivity contribution in [2.45, 2.75) is 18.8 Å². The molecule has 4 rings (SSSR count). The van der Waals surface area contributed by atoms with Crippen LogP contribution in [-0.2, 0) is 11.2 Å². The van der Waals surface area contributed by atoms with E-state index in [2.05, 4.69) is 17.4 Å². The molecule has 0 aliphatic carbocycles. The minimum atomic E-state index is -0.319. The number of rotatable bonds is 9. The molecule has 0 spiro atoms. The number of hydrogen-bond donors (Lipinski definition) is 1. The Kier molecular flexibility index (Phi) is 8.67. The van der Waals surface area contributed by atoms with Gasteiger partial charge in [0.2, 0.25) is 5.91 Å². The van der Waals surface area contributed by atoms with Gasteiger partial charge in [0.15, 0.2) is 11.5 Å². The number of carbonyl (C=O) groups is 2. The van der Waals surface area contributed by atoms with Gasteiger partial charge in [-0.1, -0.05) is 48.5 Å². The summed E-state index contributed by atoms with van der Waals surface area (Å²) < 4.78 is 16.1. The zero-order valence-corrected chi connectivity index (χ0v) is 21.6. The van der Waals surface area contributed by atoms with Gasteiger partial charge in [0.25, 0.3) is 5.91 Å². The quantitative estimate of drug-likeness (QED) is 0.472. The first-order chi connectivity index (χ1) is 18.0. The van der Waals surface area contributed by atoms with Crippen molar-refractivity contribution in [2.24, 2.45) is 5.92 Å². The number of hydrogen-bond acceptors (Lipinski definition) is 5. The zero-order valence-electron chi connectivity index (χ0n) is 21.6. The predicted molar refractivity (Wildman–Crippen MR) is 142 cm³/mol. The molecule has 0 bridgehead atoms. The van der Waals surface area contributed by atoms with Crippen LogP contribution in [0.25, 0.3) is 0 Å². The molecule has 7 nitrogen and oxygen atoms in total. The highest BCUT2D eigenvalue weighted by Gasteiger charge is 2.35. The van der Waals surface area contributed by atoms with Crippen LogP contribution in [0.5, 0.6) is 17.2 Å². The number of nitrogens with zero attached hydrogens (tertiary/aromatic N) is 1. The maximum atomic E-state index is 13.6. The highest BCUT2D eigenvalue weighted by atomic mass is 16.5. The van der Waals surface area contributed by atoms with Crippen molar-refractivity contribution in [1.29, 1.82) is 0 Å². The number of benzene rings is 3. The number of piperidine rings is 1. The predicted octanol–water partition coefficient (Wildman–Crippen LogP) is 4.32. The van der Waals surface area contributed by atoms with E-state index in [1.807, 2.05) is 42.5 Å². The number of para-hydroxylation sites is 1. The second-order valence-electron chi connectivity index (χ2n) is 9.17. The highest BCUT2D eigenvalue weighted by molar-refractivity contribution is 5.95. The Balaban J connectivity index is 1.50. The maximum absolute atomic E-state index is 13.6. The monoisotopic (exact) mass is 502 g/mol. The van der Waals surface area contributed by atoms with Gasteiger partial charge in [-0.05, 0) is 48.2 Å². The second kappa shape index (κ2) is 12.3. The summed E-state index contributed by atoms with van der Waals surface area (Å²) in [6, 6.07) is 23.0. The maximum Gasteiger partial charge on any atom is 0.254 e. The fourth-order valence-corrected chi connectivity index (χ4v) is 4.95.